The van der Waals surface area contributed by atoms with Gasteiger partial charge in [-0.2, -0.15) is 5.10 Å². The lowest BCUT2D eigenvalue weighted by Crippen LogP contribution is -2.42. The highest BCUT2D eigenvalue weighted by atomic mass is 16.4. The van der Waals surface area contributed by atoms with Crippen LogP contribution in [-0.2, 0) is 11.2 Å². The van der Waals surface area contributed by atoms with E-state index in [1.54, 1.807) is 18.5 Å². The van der Waals surface area contributed by atoms with Gasteiger partial charge in [-0.25, -0.2) is 0 Å². The molecule has 7 nitrogen and oxygen atoms in total. The van der Waals surface area contributed by atoms with Crippen molar-refractivity contribution in [2.24, 2.45) is 5.92 Å². The molecule has 0 fully saturated rings. The number of amides is 1. The van der Waals surface area contributed by atoms with Gasteiger partial charge in [-0.3, -0.25) is 14.7 Å². The van der Waals surface area contributed by atoms with Crippen LogP contribution in [0.2, 0.25) is 0 Å². The van der Waals surface area contributed by atoms with Crippen molar-refractivity contribution < 1.29 is 14.7 Å². The van der Waals surface area contributed by atoms with Crippen LogP contribution in [0.25, 0.3) is 11.3 Å². The maximum Gasteiger partial charge on any atom is 0.308 e. The van der Waals surface area contributed by atoms with Crippen molar-refractivity contribution in [3.8, 4) is 11.3 Å². The predicted molar refractivity (Wildman–Crippen MR) is 91.3 cm³/mol. The molecule has 0 saturated heterocycles. The predicted octanol–water partition coefficient (Wildman–Crippen LogP) is 2.31. The summed E-state index contributed by atoms with van der Waals surface area (Å²) in [5.41, 5.74) is 3.61. The molecule has 3 N–H and O–H groups in total. The highest BCUT2D eigenvalue weighted by Gasteiger charge is 2.34. The van der Waals surface area contributed by atoms with Crippen LogP contribution in [0.1, 0.15) is 16.1 Å². The first-order chi connectivity index (χ1) is 12.1. The van der Waals surface area contributed by atoms with Crippen LogP contribution >= 0.6 is 0 Å². The summed E-state index contributed by atoms with van der Waals surface area (Å²) >= 11 is 0. The second-order valence-corrected chi connectivity index (χ2v) is 6.06. The van der Waals surface area contributed by atoms with Gasteiger partial charge in [-0.15, -0.1) is 0 Å². The number of anilines is 1. The molecular formula is C18H16N4O3. The Balaban J connectivity index is 1.65. The fraction of sp³-hybridized carbons (Fsp3) is 0.167. The summed E-state index contributed by atoms with van der Waals surface area (Å²) in [6.07, 6.45) is 3.56. The zero-order chi connectivity index (χ0) is 17.4. The summed E-state index contributed by atoms with van der Waals surface area (Å²) in [5.74, 6) is -1.81. The van der Waals surface area contributed by atoms with Crippen LogP contribution in [-0.4, -0.2) is 38.7 Å². The molecule has 126 valence electrons. The lowest BCUT2D eigenvalue weighted by Gasteiger charge is -2.29. The summed E-state index contributed by atoms with van der Waals surface area (Å²) < 4.78 is 0. The molecule has 1 amide bonds. The van der Waals surface area contributed by atoms with E-state index in [1.807, 2.05) is 30.3 Å². The molecule has 25 heavy (non-hydrogen) atoms. The third-order valence-electron chi connectivity index (χ3n) is 4.45. The van der Waals surface area contributed by atoms with Crippen LogP contribution in [0.5, 0.6) is 0 Å². The Labute approximate surface area is 143 Å². The number of benzene rings is 1. The first kappa shape index (κ1) is 15.2. The van der Waals surface area contributed by atoms with E-state index in [1.165, 1.54) is 4.90 Å². The van der Waals surface area contributed by atoms with Crippen molar-refractivity contribution in [1.82, 2.24) is 15.2 Å². The van der Waals surface area contributed by atoms with Crippen molar-refractivity contribution in [2.75, 3.05) is 11.4 Å². The van der Waals surface area contributed by atoms with E-state index in [4.69, 9.17) is 0 Å². The molecule has 0 radical (unpaired) electrons. The normalized spacial score (nSPS) is 16.5. The van der Waals surface area contributed by atoms with Gasteiger partial charge in [0.05, 0.1) is 29.1 Å². The number of carbonyl (C=O) groups excluding carboxylic acids is 1. The number of aromatic amines is 2. The molecular weight excluding hydrogens is 320 g/mol. The van der Waals surface area contributed by atoms with Crippen LogP contribution < -0.4 is 4.90 Å². The molecule has 0 spiro atoms. The number of aromatic nitrogens is 3. The van der Waals surface area contributed by atoms with Crippen molar-refractivity contribution in [2.45, 2.75) is 6.42 Å². The number of carboxylic acids is 1. The molecule has 2 aromatic heterocycles. The molecule has 3 heterocycles. The number of fused-ring (bicyclic) bond motifs is 1. The van der Waals surface area contributed by atoms with Crippen LogP contribution in [0, 0.1) is 5.92 Å². The zero-order valence-electron chi connectivity index (χ0n) is 13.3. The maximum absolute atomic E-state index is 12.9. The van der Waals surface area contributed by atoms with Gasteiger partial charge in [0.2, 0.25) is 0 Å². The highest BCUT2D eigenvalue weighted by Crippen LogP contribution is 2.30. The minimum absolute atomic E-state index is 0.131. The number of aliphatic carboxylic acids is 1. The Kier molecular flexibility index (Phi) is 3.61. The molecule has 4 rings (SSSR count). The lowest BCUT2D eigenvalue weighted by molar-refractivity contribution is -0.141. The molecule has 3 aromatic rings. The first-order valence-electron chi connectivity index (χ1n) is 7.94. The van der Waals surface area contributed by atoms with Crippen LogP contribution in [0.4, 0.5) is 5.69 Å². The average molecular weight is 336 g/mol. The largest absolute Gasteiger partial charge is 0.481 e. The number of hydrogen-bond donors (Lipinski definition) is 3. The quantitative estimate of drug-likeness (QED) is 0.683. The smallest absolute Gasteiger partial charge is 0.308 e. The summed E-state index contributed by atoms with van der Waals surface area (Å²) in [7, 11) is 0. The first-order valence-corrected chi connectivity index (χ1v) is 7.94. The third kappa shape index (κ3) is 2.69. The molecule has 1 atom stereocenters. The standard InChI is InChI=1S/C18H16N4O3/c23-17(12-6-14(19-8-12)11-4-2-1-3-5-11)22-10-13(18(24)25)7-15-16(22)9-20-21-15/h1-6,8-9,13,19H,7,10H2,(H,20,21)(H,24,25). The molecule has 1 aromatic carbocycles. The molecule has 7 heteroatoms. The van der Waals surface area contributed by atoms with E-state index in [-0.39, 0.29) is 12.5 Å². The van der Waals surface area contributed by atoms with Gasteiger partial charge in [0.15, 0.2) is 0 Å². The summed E-state index contributed by atoms with van der Waals surface area (Å²) in [6, 6.07) is 11.5. The van der Waals surface area contributed by atoms with Gasteiger partial charge in [-0.05, 0) is 11.6 Å². The number of carboxylic acid groups (broad SMARTS) is 1. The topological polar surface area (TPSA) is 102 Å². The fourth-order valence-electron chi connectivity index (χ4n) is 3.13. The van der Waals surface area contributed by atoms with Crippen molar-refractivity contribution in [3.63, 3.8) is 0 Å². The molecule has 0 saturated carbocycles. The Morgan fingerprint density at radius 2 is 2.04 bits per heavy atom. The maximum atomic E-state index is 12.9. The number of nitrogens with zero attached hydrogens (tertiary/aromatic N) is 2. The minimum Gasteiger partial charge on any atom is -0.481 e. The molecule has 1 aliphatic heterocycles. The second kappa shape index (κ2) is 5.94. The highest BCUT2D eigenvalue weighted by molar-refractivity contribution is 6.07. The Morgan fingerprint density at radius 1 is 1.24 bits per heavy atom. The van der Waals surface area contributed by atoms with Crippen LogP contribution in [0.3, 0.4) is 0 Å². The number of rotatable bonds is 3. The molecule has 0 aliphatic carbocycles. The van der Waals surface area contributed by atoms with Crippen molar-refractivity contribution in [3.05, 3.63) is 60.0 Å². The summed E-state index contributed by atoms with van der Waals surface area (Å²) in [6.45, 7) is 0.131. The third-order valence-corrected chi connectivity index (χ3v) is 4.45. The van der Waals surface area contributed by atoms with Crippen molar-refractivity contribution in [1.29, 1.82) is 0 Å². The monoisotopic (exact) mass is 336 g/mol. The summed E-state index contributed by atoms with van der Waals surface area (Å²) in [4.78, 5) is 28.9. The number of nitrogens with one attached hydrogen (secondary N) is 2. The second-order valence-electron chi connectivity index (χ2n) is 6.06. The molecule has 1 aliphatic rings. The Bertz CT molecular complexity index is 929. The average Bonchev–Trinajstić information content (AvgIpc) is 3.30. The van der Waals surface area contributed by atoms with Gasteiger partial charge < -0.3 is 15.0 Å². The minimum atomic E-state index is -0.919. The van der Waals surface area contributed by atoms with Gasteiger partial charge in [0.1, 0.15) is 0 Å². The van der Waals surface area contributed by atoms with Gasteiger partial charge in [0.25, 0.3) is 5.91 Å². The van der Waals surface area contributed by atoms with E-state index >= 15 is 0 Å². The lowest BCUT2D eigenvalue weighted by atomic mass is 9.97. The van der Waals surface area contributed by atoms with Gasteiger partial charge in [-0.1, -0.05) is 30.3 Å². The van der Waals surface area contributed by atoms with Gasteiger partial charge in [0, 0.05) is 24.9 Å². The van der Waals surface area contributed by atoms with E-state index in [0.717, 1.165) is 11.3 Å². The van der Waals surface area contributed by atoms with E-state index < -0.39 is 11.9 Å². The summed E-state index contributed by atoms with van der Waals surface area (Å²) in [5, 5.41) is 16.1. The molecule has 0 bridgehead atoms. The Hall–Kier alpha value is -3.35. The van der Waals surface area contributed by atoms with Gasteiger partial charge >= 0.3 is 5.97 Å². The molecule has 1 unspecified atom stereocenters. The van der Waals surface area contributed by atoms with E-state index in [2.05, 4.69) is 15.2 Å². The van der Waals surface area contributed by atoms with E-state index in [9.17, 15) is 14.7 Å². The number of hydrogen-bond acceptors (Lipinski definition) is 3. The Morgan fingerprint density at radius 3 is 2.80 bits per heavy atom. The fourth-order valence-corrected chi connectivity index (χ4v) is 3.13. The zero-order valence-corrected chi connectivity index (χ0v) is 13.3. The van der Waals surface area contributed by atoms with Crippen LogP contribution in [0.15, 0.2) is 48.8 Å². The number of H-pyrrole nitrogens is 2. The SMILES string of the molecule is O=C(O)C1Cc2[nH]ncc2N(C(=O)c2c[nH]c(-c3ccccc3)c2)C1. The van der Waals surface area contributed by atoms with E-state index in [0.29, 0.717) is 23.4 Å². The van der Waals surface area contributed by atoms with Crippen molar-refractivity contribution >= 4 is 17.6 Å². The number of carbonyl (C=O) groups is 2.